The zero-order valence-electron chi connectivity index (χ0n) is 16.2. The third-order valence-corrected chi connectivity index (χ3v) is 8.30. The first-order chi connectivity index (χ1) is 12.3. The van der Waals surface area contributed by atoms with E-state index in [0.29, 0.717) is 42.7 Å². The van der Waals surface area contributed by atoms with Gasteiger partial charge in [-0.25, -0.2) is 0 Å². The molecule has 4 aliphatic rings. The fourth-order valence-electron chi connectivity index (χ4n) is 7.08. The standard InChI is InChI=1S/C22H30O4/c1-21-9-8-14(23)10-13(21)4-5-15-16-6-7-17(19(25)12-26-3)22(16,2)11-18(24)20(15)21/h4,15-17,20H,5-12H2,1-3H3/t15-,16-,17+,20+,21-,22-/m0/s1. The summed E-state index contributed by atoms with van der Waals surface area (Å²) >= 11 is 0. The van der Waals surface area contributed by atoms with Gasteiger partial charge in [-0.3, -0.25) is 14.4 Å². The maximum Gasteiger partial charge on any atom is 0.162 e. The van der Waals surface area contributed by atoms with Crippen molar-refractivity contribution < 1.29 is 19.1 Å². The smallest absolute Gasteiger partial charge is 0.162 e. The van der Waals surface area contributed by atoms with Crippen molar-refractivity contribution in [2.75, 3.05) is 13.7 Å². The average molecular weight is 358 g/mol. The molecule has 26 heavy (non-hydrogen) atoms. The lowest BCUT2D eigenvalue weighted by molar-refractivity contribution is -0.148. The van der Waals surface area contributed by atoms with E-state index in [-0.39, 0.29) is 35.1 Å². The summed E-state index contributed by atoms with van der Waals surface area (Å²) in [5.74, 6) is 1.52. The number of ketones is 3. The molecular weight excluding hydrogens is 328 g/mol. The Morgan fingerprint density at radius 2 is 2.04 bits per heavy atom. The molecule has 0 aromatic rings. The molecule has 0 bridgehead atoms. The van der Waals surface area contributed by atoms with Crippen LogP contribution in [0.2, 0.25) is 0 Å². The minimum atomic E-state index is -0.222. The predicted molar refractivity (Wildman–Crippen MR) is 97.5 cm³/mol. The molecule has 0 saturated heterocycles. The fourth-order valence-corrected chi connectivity index (χ4v) is 7.08. The average Bonchev–Trinajstić information content (AvgIpc) is 2.92. The molecule has 0 N–H and O–H groups in total. The van der Waals surface area contributed by atoms with Crippen LogP contribution in [0.1, 0.15) is 58.8 Å². The van der Waals surface area contributed by atoms with Crippen LogP contribution in [-0.4, -0.2) is 31.1 Å². The molecule has 4 heteroatoms. The Kier molecular flexibility index (Phi) is 4.26. The molecule has 0 unspecified atom stereocenters. The Bertz CT molecular complexity index is 692. The third kappa shape index (κ3) is 2.41. The lowest BCUT2D eigenvalue weighted by Crippen LogP contribution is -2.55. The normalized spacial score (nSPS) is 44.8. The summed E-state index contributed by atoms with van der Waals surface area (Å²) in [5.41, 5.74) is 0.834. The number of Topliss-reactive ketones (excluding diaryl/α,β-unsaturated/α-hetero) is 3. The summed E-state index contributed by atoms with van der Waals surface area (Å²) in [5, 5.41) is 0. The van der Waals surface area contributed by atoms with Gasteiger partial charge in [-0.2, -0.15) is 0 Å². The van der Waals surface area contributed by atoms with Crippen LogP contribution >= 0.6 is 0 Å². The highest BCUT2D eigenvalue weighted by Gasteiger charge is 2.62. The van der Waals surface area contributed by atoms with Crippen LogP contribution in [-0.2, 0) is 19.1 Å². The lowest BCUT2D eigenvalue weighted by Gasteiger charge is -2.56. The summed E-state index contributed by atoms with van der Waals surface area (Å²) < 4.78 is 5.10. The van der Waals surface area contributed by atoms with Gasteiger partial charge < -0.3 is 4.74 Å². The van der Waals surface area contributed by atoms with Crippen LogP contribution in [0.5, 0.6) is 0 Å². The number of carbonyl (C=O) groups is 3. The number of allylic oxidation sites excluding steroid dienone is 2. The van der Waals surface area contributed by atoms with Crippen molar-refractivity contribution in [1.82, 2.24) is 0 Å². The maximum absolute atomic E-state index is 13.4. The molecule has 3 saturated carbocycles. The van der Waals surface area contributed by atoms with E-state index in [1.807, 2.05) is 0 Å². The molecular formula is C22H30O4. The highest BCUT2D eigenvalue weighted by atomic mass is 16.5. The zero-order valence-corrected chi connectivity index (χ0v) is 16.2. The van der Waals surface area contributed by atoms with Crippen LogP contribution in [0.15, 0.2) is 11.6 Å². The van der Waals surface area contributed by atoms with Gasteiger partial charge in [0.25, 0.3) is 0 Å². The quantitative estimate of drug-likeness (QED) is 0.724. The third-order valence-electron chi connectivity index (χ3n) is 8.30. The van der Waals surface area contributed by atoms with E-state index >= 15 is 0 Å². The van der Waals surface area contributed by atoms with E-state index < -0.39 is 0 Å². The van der Waals surface area contributed by atoms with Gasteiger partial charge in [-0.15, -0.1) is 0 Å². The summed E-state index contributed by atoms with van der Waals surface area (Å²) in [6.45, 7) is 4.54. The van der Waals surface area contributed by atoms with Crippen LogP contribution in [0, 0.1) is 34.5 Å². The highest BCUT2D eigenvalue weighted by Crippen LogP contribution is 2.65. The monoisotopic (exact) mass is 358 g/mol. The fraction of sp³-hybridized carbons (Fsp3) is 0.773. The number of hydrogen-bond acceptors (Lipinski definition) is 4. The first-order valence-corrected chi connectivity index (χ1v) is 10.1. The van der Waals surface area contributed by atoms with Crippen molar-refractivity contribution in [2.24, 2.45) is 34.5 Å². The largest absolute Gasteiger partial charge is 0.377 e. The van der Waals surface area contributed by atoms with E-state index in [1.165, 1.54) is 5.57 Å². The minimum Gasteiger partial charge on any atom is -0.377 e. The first kappa shape index (κ1) is 18.1. The molecule has 3 fully saturated rings. The number of hydrogen-bond donors (Lipinski definition) is 0. The van der Waals surface area contributed by atoms with Crippen LogP contribution in [0.25, 0.3) is 0 Å². The van der Waals surface area contributed by atoms with E-state index in [0.717, 1.165) is 25.7 Å². The number of carbonyl (C=O) groups excluding carboxylic acids is 3. The maximum atomic E-state index is 13.4. The summed E-state index contributed by atoms with van der Waals surface area (Å²) in [7, 11) is 1.56. The van der Waals surface area contributed by atoms with E-state index in [9.17, 15) is 14.4 Å². The molecule has 0 amide bonds. The van der Waals surface area contributed by atoms with Gasteiger partial charge in [0.1, 0.15) is 18.2 Å². The Labute approximate surface area is 155 Å². The van der Waals surface area contributed by atoms with Gasteiger partial charge in [0.15, 0.2) is 5.78 Å². The van der Waals surface area contributed by atoms with Crippen LogP contribution < -0.4 is 0 Å². The predicted octanol–water partition coefficient (Wildman–Crippen LogP) is 3.53. The number of fused-ring (bicyclic) bond motifs is 5. The van der Waals surface area contributed by atoms with E-state index in [1.54, 1.807) is 7.11 Å². The number of rotatable bonds is 3. The van der Waals surface area contributed by atoms with Crippen molar-refractivity contribution in [3.8, 4) is 0 Å². The summed E-state index contributed by atoms with van der Waals surface area (Å²) in [4.78, 5) is 37.9. The van der Waals surface area contributed by atoms with Crippen molar-refractivity contribution >= 4 is 17.3 Å². The zero-order chi connectivity index (χ0) is 18.7. The second-order valence-corrected chi connectivity index (χ2v) is 9.52. The SMILES string of the molecule is COCC(=O)[C@H]1CC[C@H]2[C@@H]3CC=C4CC(=O)CC[C@]4(C)[C@H]3C(=O)C[C@]12C. The van der Waals surface area contributed by atoms with Crippen LogP contribution in [0.4, 0.5) is 0 Å². The number of ether oxygens (including phenoxy) is 1. The molecule has 4 aliphatic carbocycles. The molecule has 0 spiro atoms. The van der Waals surface area contributed by atoms with Gasteiger partial charge >= 0.3 is 0 Å². The van der Waals surface area contributed by atoms with Crippen molar-refractivity contribution in [3.05, 3.63) is 11.6 Å². The van der Waals surface area contributed by atoms with Crippen LogP contribution in [0.3, 0.4) is 0 Å². The Balaban J connectivity index is 1.68. The molecule has 0 aromatic carbocycles. The minimum absolute atomic E-state index is 0.0324. The second-order valence-electron chi connectivity index (χ2n) is 9.52. The molecule has 0 aliphatic heterocycles. The van der Waals surface area contributed by atoms with E-state index in [2.05, 4.69) is 19.9 Å². The molecule has 4 rings (SSSR count). The Hall–Kier alpha value is -1.29. The molecule has 142 valence electrons. The Morgan fingerprint density at radius 1 is 1.27 bits per heavy atom. The first-order valence-electron chi connectivity index (χ1n) is 10.1. The molecule has 4 nitrogen and oxygen atoms in total. The van der Waals surface area contributed by atoms with Gasteiger partial charge in [-0.1, -0.05) is 25.5 Å². The molecule has 6 atom stereocenters. The van der Waals surface area contributed by atoms with E-state index in [4.69, 9.17) is 4.74 Å². The topological polar surface area (TPSA) is 60.4 Å². The summed E-state index contributed by atoms with van der Waals surface area (Å²) in [6.07, 6.45) is 7.51. The van der Waals surface area contributed by atoms with Crippen molar-refractivity contribution in [3.63, 3.8) is 0 Å². The molecule has 0 aromatic heterocycles. The van der Waals surface area contributed by atoms with Gasteiger partial charge in [-0.05, 0) is 48.3 Å². The molecule has 0 radical (unpaired) electrons. The van der Waals surface area contributed by atoms with Gasteiger partial charge in [0.2, 0.25) is 0 Å². The highest BCUT2D eigenvalue weighted by molar-refractivity contribution is 5.90. The summed E-state index contributed by atoms with van der Waals surface area (Å²) in [6, 6.07) is 0. The second kappa shape index (κ2) is 6.12. The van der Waals surface area contributed by atoms with Gasteiger partial charge in [0, 0.05) is 38.2 Å². The molecule has 0 heterocycles. The lowest BCUT2D eigenvalue weighted by atomic mass is 9.47. The Morgan fingerprint density at radius 3 is 2.77 bits per heavy atom. The number of methoxy groups -OCH3 is 1. The van der Waals surface area contributed by atoms with Crippen molar-refractivity contribution in [2.45, 2.75) is 58.8 Å². The van der Waals surface area contributed by atoms with Crippen molar-refractivity contribution in [1.29, 1.82) is 0 Å². The van der Waals surface area contributed by atoms with Gasteiger partial charge in [0.05, 0.1) is 0 Å².